The van der Waals surface area contributed by atoms with Crippen molar-refractivity contribution in [2.24, 2.45) is 5.41 Å². The number of rotatable bonds is 4. The first-order chi connectivity index (χ1) is 5.66. The monoisotopic (exact) mass is 167 g/mol. The zero-order valence-corrected chi connectivity index (χ0v) is 8.40. The maximum Gasteiger partial charge on any atom is 0.0219 e. The van der Waals surface area contributed by atoms with Crippen molar-refractivity contribution in [3.8, 4) is 0 Å². The highest BCUT2D eigenvalue weighted by atomic mass is 14.9. The van der Waals surface area contributed by atoms with Crippen LogP contribution in [0.4, 0.5) is 0 Å². The third kappa shape index (κ3) is 2.63. The Morgan fingerprint density at radius 2 is 2.08 bits per heavy atom. The second kappa shape index (κ2) is 4.08. The molecule has 1 saturated carbocycles. The minimum atomic E-state index is 0.461. The Hall–Kier alpha value is -0.300. The van der Waals surface area contributed by atoms with Crippen LogP contribution in [0.15, 0.2) is 12.7 Å². The maximum atomic E-state index is 3.77. The van der Waals surface area contributed by atoms with Crippen LogP contribution < -0.4 is 5.32 Å². The SMILES string of the molecule is C=CC(C)NCC1(C)CCCC1. The molecule has 1 aliphatic rings. The summed E-state index contributed by atoms with van der Waals surface area (Å²) in [6.45, 7) is 9.47. The number of hydrogen-bond donors (Lipinski definition) is 1. The lowest BCUT2D eigenvalue weighted by Gasteiger charge is -2.25. The van der Waals surface area contributed by atoms with Crippen LogP contribution in [0.3, 0.4) is 0 Å². The van der Waals surface area contributed by atoms with Gasteiger partial charge in [-0.05, 0) is 25.2 Å². The van der Waals surface area contributed by atoms with Crippen molar-refractivity contribution in [2.45, 2.75) is 45.6 Å². The van der Waals surface area contributed by atoms with Crippen molar-refractivity contribution in [3.05, 3.63) is 12.7 Å². The van der Waals surface area contributed by atoms with Crippen LogP contribution >= 0.6 is 0 Å². The average Bonchev–Trinajstić information content (AvgIpc) is 2.49. The summed E-state index contributed by atoms with van der Waals surface area (Å²) < 4.78 is 0. The van der Waals surface area contributed by atoms with Crippen molar-refractivity contribution >= 4 is 0 Å². The normalized spacial score (nSPS) is 23.8. The lowest BCUT2D eigenvalue weighted by Crippen LogP contribution is -2.34. The van der Waals surface area contributed by atoms with Crippen molar-refractivity contribution < 1.29 is 0 Å². The molecule has 1 unspecified atom stereocenters. The molecule has 12 heavy (non-hydrogen) atoms. The van der Waals surface area contributed by atoms with Gasteiger partial charge in [-0.25, -0.2) is 0 Å². The van der Waals surface area contributed by atoms with Crippen LogP contribution in [-0.4, -0.2) is 12.6 Å². The largest absolute Gasteiger partial charge is 0.310 e. The Kier molecular flexibility index (Phi) is 3.33. The molecule has 0 aromatic rings. The van der Waals surface area contributed by atoms with E-state index in [4.69, 9.17) is 0 Å². The van der Waals surface area contributed by atoms with Gasteiger partial charge < -0.3 is 5.32 Å². The van der Waals surface area contributed by atoms with E-state index in [1.807, 2.05) is 6.08 Å². The molecule has 1 atom stereocenters. The summed E-state index contributed by atoms with van der Waals surface area (Å²) in [5.74, 6) is 0. The molecule has 1 fully saturated rings. The predicted octanol–water partition coefficient (Wildman–Crippen LogP) is 2.73. The zero-order chi connectivity index (χ0) is 9.03. The van der Waals surface area contributed by atoms with Crippen LogP contribution in [-0.2, 0) is 0 Å². The van der Waals surface area contributed by atoms with E-state index in [1.54, 1.807) is 0 Å². The Balaban J connectivity index is 2.25. The molecule has 0 spiro atoms. The van der Waals surface area contributed by atoms with E-state index >= 15 is 0 Å². The fraction of sp³-hybridized carbons (Fsp3) is 0.818. The van der Waals surface area contributed by atoms with E-state index in [9.17, 15) is 0 Å². The maximum absolute atomic E-state index is 3.77. The standard InChI is InChI=1S/C11H21N/c1-4-10(2)12-9-11(3)7-5-6-8-11/h4,10,12H,1,5-9H2,2-3H3. The zero-order valence-electron chi connectivity index (χ0n) is 8.40. The van der Waals surface area contributed by atoms with E-state index in [0.29, 0.717) is 11.5 Å². The summed E-state index contributed by atoms with van der Waals surface area (Å²) in [7, 11) is 0. The summed E-state index contributed by atoms with van der Waals surface area (Å²) in [6, 6.07) is 0.461. The third-order valence-corrected chi connectivity index (χ3v) is 3.02. The van der Waals surface area contributed by atoms with E-state index in [0.717, 1.165) is 6.54 Å². The molecule has 1 nitrogen and oxygen atoms in total. The van der Waals surface area contributed by atoms with Gasteiger partial charge in [0.1, 0.15) is 0 Å². The fourth-order valence-electron chi connectivity index (χ4n) is 1.90. The predicted molar refractivity (Wildman–Crippen MR) is 54.2 cm³/mol. The molecular weight excluding hydrogens is 146 g/mol. The van der Waals surface area contributed by atoms with Gasteiger partial charge >= 0.3 is 0 Å². The van der Waals surface area contributed by atoms with E-state index in [-0.39, 0.29) is 0 Å². The van der Waals surface area contributed by atoms with Crippen LogP contribution in [0.5, 0.6) is 0 Å². The lowest BCUT2D eigenvalue weighted by atomic mass is 9.89. The fourth-order valence-corrected chi connectivity index (χ4v) is 1.90. The van der Waals surface area contributed by atoms with Gasteiger partial charge in [-0.1, -0.05) is 25.8 Å². The Labute approximate surface area is 76.2 Å². The summed E-state index contributed by atoms with van der Waals surface area (Å²) in [6.07, 6.45) is 7.59. The van der Waals surface area contributed by atoms with Crippen molar-refractivity contribution in [2.75, 3.05) is 6.54 Å². The van der Waals surface area contributed by atoms with E-state index in [1.165, 1.54) is 25.7 Å². The first kappa shape index (κ1) is 9.79. The second-order valence-electron chi connectivity index (χ2n) is 4.42. The molecular formula is C11H21N. The summed E-state index contributed by atoms with van der Waals surface area (Å²) >= 11 is 0. The van der Waals surface area contributed by atoms with E-state index < -0.39 is 0 Å². The van der Waals surface area contributed by atoms with E-state index in [2.05, 4.69) is 25.7 Å². The van der Waals surface area contributed by atoms with Crippen molar-refractivity contribution in [1.29, 1.82) is 0 Å². The van der Waals surface area contributed by atoms with Crippen LogP contribution in [0.2, 0.25) is 0 Å². The van der Waals surface area contributed by atoms with Gasteiger partial charge in [-0.15, -0.1) is 6.58 Å². The van der Waals surface area contributed by atoms with Gasteiger partial charge in [0.05, 0.1) is 0 Å². The summed E-state index contributed by atoms with van der Waals surface area (Å²) in [4.78, 5) is 0. The summed E-state index contributed by atoms with van der Waals surface area (Å²) in [5.41, 5.74) is 0.567. The molecule has 0 aromatic heterocycles. The lowest BCUT2D eigenvalue weighted by molar-refractivity contribution is 0.309. The molecule has 70 valence electrons. The highest BCUT2D eigenvalue weighted by molar-refractivity contribution is 4.87. The Bertz CT molecular complexity index is 145. The van der Waals surface area contributed by atoms with Gasteiger partial charge in [0, 0.05) is 12.6 Å². The molecule has 1 aliphatic carbocycles. The first-order valence-corrected chi connectivity index (χ1v) is 5.02. The van der Waals surface area contributed by atoms with Gasteiger partial charge in [-0.3, -0.25) is 0 Å². The van der Waals surface area contributed by atoms with Gasteiger partial charge in [0.2, 0.25) is 0 Å². The van der Waals surface area contributed by atoms with Crippen LogP contribution in [0, 0.1) is 5.41 Å². The minimum Gasteiger partial charge on any atom is -0.310 e. The third-order valence-electron chi connectivity index (χ3n) is 3.02. The van der Waals surface area contributed by atoms with Gasteiger partial charge in [0.15, 0.2) is 0 Å². The molecule has 1 heteroatoms. The molecule has 0 bridgehead atoms. The van der Waals surface area contributed by atoms with Crippen LogP contribution in [0.1, 0.15) is 39.5 Å². The topological polar surface area (TPSA) is 12.0 Å². The van der Waals surface area contributed by atoms with Gasteiger partial charge in [0.25, 0.3) is 0 Å². The Morgan fingerprint density at radius 1 is 1.50 bits per heavy atom. The quantitative estimate of drug-likeness (QED) is 0.635. The highest BCUT2D eigenvalue weighted by Gasteiger charge is 2.28. The van der Waals surface area contributed by atoms with Gasteiger partial charge in [-0.2, -0.15) is 0 Å². The van der Waals surface area contributed by atoms with Crippen molar-refractivity contribution in [1.82, 2.24) is 5.32 Å². The molecule has 1 rings (SSSR count). The molecule has 0 aliphatic heterocycles. The van der Waals surface area contributed by atoms with Crippen molar-refractivity contribution in [3.63, 3.8) is 0 Å². The minimum absolute atomic E-state index is 0.461. The molecule has 0 heterocycles. The molecule has 0 amide bonds. The number of nitrogens with one attached hydrogen (secondary N) is 1. The molecule has 0 radical (unpaired) electrons. The molecule has 0 saturated heterocycles. The first-order valence-electron chi connectivity index (χ1n) is 5.02. The molecule has 0 aromatic carbocycles. The molecule has 1 N–H and O–H groups in total. The average molecular weight is 167 g/mol. The second-order valence-corrected chi connectivity index (χ2v) is 4.42. The Morgan fingerprint density at radius 3 is 2.58 bits per heavy atom. The van der Waals surface area contributed by atoms with Crippen LogP contribution in [0.25, 0.3) is 0 Å². The number of hydrogen-bond acceptors (Lipinski definition) is 1. The smallest absolute Gasteiger partial charge is 0.0219 e. The highest BCUT2D eigenvalue weighted by Crippen LogP contribution is 2.36. The summed E-state index contributed by atoms with van der Waals surface area (Å²) in [5, 5.41) is 3.50.